The minimum atomic E-state index is 0.258. The highest BCUT2D eigenvalue weighted by Crippen LogP contribution is 2.29. The van der Waals surface area contributed by atoms with Gasteiger partial charge in [-0.3, -0.25) is 4.79 Å². The minimum Gasteiger partial charge on any atom is -0.356 e. The first-order valence-corrected chi connectivity index (χ1v) is 5.82. The van der Waals surface area contributed by atoms with Gasteiger partial charge in [0.15, 0.2) is 0 Å². The van der Waals surface area contributed by atoms with Crippen LogP contribution in [0.3, 0.4) is 0 Å². The predicted molar refractivity (Wildman–Crippen MR) is 56.8 cm³/mol. The monoisotopic (exact) mass is 193 g/mol. The molecule has 78 valence electrons. The maximum absolute atomic E-state index is 11.8. The van der Waals surface area contributed by atoms with Crippen molar-refractivity contribution in [2.45, 2.75) is 38.5 Å². The number of allylic oxidation sites excluding steroid dienone is 2. The van der Waals surface area contributed by atoms with Gasteiger partial charge in [0.25, 0.3) is 0 Å². The molecule has 0 saturated carbocycles. The summed E-state index contributed by atoms with van der Waals surface area (Å²) in [6.45, 7) is 0.881. The highest BCUT2D eigenvalue weighted by Gasteiger charge is 2.27. The summed E-state index contributed by atoms with van der Waals surface area (Å²) in [5.41, 5.74) is 0. The summed E-state index contributed by atoms with van der Waals surface area (Å²) in [6.07, 6.45) is 11.6. The summed E-state index contributed by atoms with van der Waals surface area (Å²) in [7, 11) is 0. The SMILES string of the molecule is O=C1NCCCCC1C1C=CCCC1. The van der Waals surface area contributed by atoms with Crippen molar-refractivity contribution in [1.82, 2.24) is 5.32 Å². The molecule has 0 aromatic rings. The molecular weight excluding hydrogens is 174 g/mol. The average Bonchev–Trinajstić information content (AvgIpc) is 2.44. The Morgan fingerprint density at radius 2 is 2.14 bits per heavy atom. The number of nitrogens with one attached hydrogen (secondary N) is 1. The van der Waals surface area contributed by atoms with Crippen molar-refractivity contribution in [1.29, 1.82) is 0 Å². The van der Waals surface area contributed by atoms with Gasteiger partial charge in [-0.2, -0.15) is 0 Å². The Bertz CT molecular complexity index is 234. The first kappa shape index (κ1) is 9.75. The van der Waals surface area contributed by atoms with Gasteiger partial charge in [0.05, 0.1) is 0 Å². The molecule has 2 heteroatoms. The van der Waals surface area contributed by atoms with Crippen LogP contribution in [0, 0.1) is 11.8 Å². The van der Waals surface area contributed by atoms with Crippen LogP contribution in [0.15, 0.2) is 12.2 Å². The van der Waals surface area contributed by atoms with Gasteiger partial charge < -0.3 is 5.32 Å². The molecule has 0 aromatic carbocycles. The van der Waals surface area contributed by atoms with E-state index in [0.717, 1.165) is 19.4 Å². The third-order valence-corrected chi connectivity index (χ3v) is 3.39. The van der Waals surface area contributed by atoms with E-state index in [1.165, 1.54) is 25.7 Å². The molecule has 14 heavy (non-hydrogen) atoms. The molecule has 1 aliphatic carbocycles. The van der Waals surface area contributed by atoms with Crippen molar-refractivity contribution < 1.29 is 4.79 Å². The van der Waals surface area contributed by atoms with Crippen molar-refractivity contribution in [2.75, 3.05) is 6.54 Å². The number of carbonyl (C=O) groups is 1. The Labute approximate surface area is 85.8 Å². The van der Waals surface area contributed by atoms with Crippen LogP contribution in [0.4, 0.5) is 0 Å². The average molecular weight is 193 g/mol. The minimum absolute atomic E-state index is 0.258. The van der Waals surface area contributed by atoms with Crippen LogP contribution in [0.1, 0.15) is 38.5 Å². The summed E-state index contributed by atoms with van der Waals surface area (Å²) >= 11 is 0. The molecule has 0 spiro atoms. The Morgan fingerprint density at radius 1 is 1.21 bits per heavy atom. The fraction of sp³-hybridized carbons (Fsp3) is 0.750. The summed E-state index contributed by atoms with van der Waals surface area (Å²) in [4.78, 5) is 11.8. The predicted octanol–water partition coefficient (Wildman–Crippen LogP) is 2.26. The summed E-state index contributed by atoms with van der Waals surface area (Å²) in [6, 6.07) is 0. The van der Waals surface area contributed by atoms with Crippen molar-refractivity contribution >= 4 is 5.91 Å². The third-order valence-electron chi connectivity index (χ3n) is 3.39. The van der Waals surface area contributed by atoms with E-state index in [4.69, 9.17) is 0 Å². The molecular formula is C12H19NO. The largest absolute Gasteiger partial charge is 0.356 e. The summed E-state index contributed by atoms with van der Waals surface area (Å²) in [5, 5.41) is 3.02. The van der Waals surface area contributed by atoms with Crippen molar-refractivity contribution in [3.05, 3.63) is 12.2 Å². The van der Waals surface area contributed by atoms with Crippen LogP contribution in [0.25, 0.3) is 0 Å². The molecule has 1 heterocycles. The van der Waals surface area contributed by atoms with Crippen LogP contribution in [0.5, 0.6) is 0 Å². The van der Waals surface area contributed by atoms with Gasteiger partial charge in [-0.05, 0) is 38.0 Å². The van der Waals surface area contributed by atoms with Gasteiger partial charge >= 0.3 is 0 Å². The summed E-state index contributed by atoms with van der Waals surface area (Å²) < 4.78 is 0. The van der Waals surface area contributed by atoms with Crippen molar-refractivity contribution in [3.63, 3.8) is 0 Å². The van der Waals surface area contributed by atoms with Crippen LogP contribution in [0.2, 0.25) is 0 Å². The van der Waals surface area contributed by atoms with Gasteiger partial charge in [-0.1, -0.05) is 18.6 Å². The zero-order valence-corrected chi connectivity index (χ0v) is 8.67. The number of hydrogen-bond acceptors (Lipinski definition) is 1. The van der Waals surface area contributed by atoms with Gasteiger partial charge in [-0.15, -0.1) is 0 Å². The molecule has 2 unspecified atom stereocenters. The number of rotatable bonds is 1. The van der Waals surface area contributed by atoms with Crippen LogP contribution in [-0.2, 0) is 4.79 Å². The van der Waals surface area contributed by atoms with Crippen molar-refractivity contribution in [3.8, 4) is 0 Å². The molecule has 2 rings (SSSR count). The normalized spacial score (nSPS) is 33.6. The second kappa shape index (κ2) is 4.63. The fourth-order valence-corrected chi connectivity index (χ4v) is 2.55. The molecule has 1 saturated heterocycles. The lowest BCUT2D eigenvalue weighted by atomic mass is 9.81. The van der Waals surface area contributed by atoms with E-state index in [9.17, 15) is 4.79 Å². The molecule has 0 aromatic heterocycles. The molecule has 1 amide bonds. The first-order chi connectivity index (χ1) is 6.88. The Kier molecular flexibility index (Phi) is 3.22. The van der Waals surface area contributed by atoms with E-state index in [0.29, 0.717) is 11.8 Å². The topological polar surface area (TPSA) is 29.1 Å². The van der Waals surface area contributed by atoms with Crippen molar-refractivity contribution in [2.24, 2.45) is 11.8 Å². The van der Waals surface area contributed by atoms with Crippen LogP contribution >= 0.6 is 0 Å². The van der Waals surface area contributed by atoms with Crippen LogP contribution < -0.4 is 5.32 Å². The number of carbonyl (C=O) groups excluding carboxylic acids is 1. The lowest BCUT2D eigenvalue weighted by Crippen LogP contribution is -2.33. The maximum Gasteiger partial charge on any atom is 0.223 e. The molecule has 2 atom stereocenters. The zero-order chi connectivity index (χ0) is 9.80. The van der Waals surface area contributed by atoms with Gasteiger partial charge in [-0.25, -0.2) is 0 Å². The van der Waals surface area contributed by atoms with Crippen LogP contribution in [-0.4, -0.2) is 12.5 Å². The molecule has 0 bridgehead atoms. The molecule has 0 radical (unpaired) electrons. The number of amides is 1. The van der Waals surface area contributed by atoms with Gasteiger partial charge in [0.2, 0.25) is 5.91 Å². The quantitative estimate of drug-likeness (QED) is 0.636. The van der Waals surface area contributed by atoms with E-state index in [1.54, 1.807) is 0 Å². The first-order valence-electron chi connectivity index (χ1n) is 5.82. The van der Waals surface area contributed by atoms with E-state index in [2.05, 4.69) is 17.5 Å². The Morgan fingerprint density at radius 3 is 2.93 bits per heavy atom. The second-order valence-corrected chi connectivity index (χ2v) is 4.42. The fourth-order valence-electron chi connectivity index (χ4n) is 2.55. The maximum atomic E-state index is 11.8. The lowest BCUT2D eigenvalue weighted by molar-refractivity contribution is -0.125. The molecule has 1 fully saturated rings. The highest BCUT2D eigenvalue weighted by molar-refractivity contribution is 5.79. The van der Waals surface area contributed by atoms with E-state index < -0.39 is 0 Å². The molecule has 1 N–H and O–H groups in total. The second-order valence-electron chi connectivity index (χ2n) is 4.42. The number of hydrogen-bond donors (Lipinski definition) is 1. The van der Waals surface area contributed by atoms with Gasteiger partial charge in [0.1, 0.15) is 0 Å². The smallest absolute Gasteiger partial charge is 0.223 e. The highest BCUT2D eigenvalue weighted by atomic mass is 16.1. The van der Waals surface area contributed by atoms with E-state index in [1.807, 2.05) is 0 Å². The Balaban J connectivity index is 2.02. The standard InChI is InChI=1S/C12H19NO/c14-12-11(8-4-5-9-13-12)10-6-2-1-3-7-10/h2,6,10-11H,1,3-5,7-9H2,(H,13,14). The molecule has 2 nitrogen and oxygen atoms in total. The Hall–Kier alpha value is -0.790. The third kappa shape index (κ3) is 2.17. The molecule has 2 aliphatic rings. The van der Waals surface area contributed by atoms with Gasteiger partial charge in [0, 0.05) is 12.5 Å². The summed E-state index contributed by atoms with van der Waals surface area (Å²) in [5.74, 6) is 1.06. The zero-order valence-electron chi connectivity index (χ0n) is 8.67. The molecule has 1 aliphatic heterocycles. The lowest BCUT2D eigenvalue weighted by Gasteiger charge is -2.24. The van der Waals surface area contributed by atoms with E-state index in [-0.39, 0.29) is 5.92 Å². The van der Waals surface area contributed by atoms with E-state index >= 15 is 0 Å².